The molecule has 1 saturated carbocycles. The molecule has 0 aliphatic heterocycles. The summed E-state index contributed by atoms with van der Waals surface area (Å²) in [6.45, 7) is 1.93. The second-order valence-corrected chi connectivity index (χ2v) is 6.96. The summed E-state index contributed by atoms with van der Waals surface area (Å²) in [5.41, 5.74) is 1.12. The molecule has 0 saturated heterocycles. The number of nitrogens with one attached hydrogen (secondary N) is 1. The van der Waals surface area contributed by atoms with E-state index in [0.29, 0.717) is 17.8 Å². The Morgan fingerprint density at radius 1 is 1.35 bits per heavy atom. The van der Waals surface area contributed by atoms with E-state index >= 15 is 0 Å². The molecule has 0 bridgehead atoms. The van der Waals surface area contributed by atoms with E-state index in [-0.39, 0.29) is 11.9 Å². The third kappa shape index (κ3) is 3.50. The van der Waals surface area contributed by atoms with Crippen molar-refractivity contribution < 1.29 is 13.2 Å². The van der Waals surface area contributed by atoms with Crippen LogP contribution in [0.2, 0.25) is 0 Å². The van der Waals surface area contributed by atoms with Crippen LogP contribution in [0.5, 0.6) is 0 Å². The van der Waals surface area contributed by atoms with Gasteiger partial charge in [-0.2, -0.15) is 0 Å². The largest absolute Gasteiger partial charge is 0.324 e. The molecule has 5 nitrogen and oxygen atoms in total. The van der Waals surface area contributed by atoms with Crippen molar-refractivity contribution in [1.29, 1.82) is 0 Å². The zero-order chi connectivity index (χ0) is 14.8. The Morgan fingerprint density at radius 2 is 2.00 bits per heavy atom. The highest BCUT2D eigenvalue weighted by Crippen LogP contribution is 2.37. The van der Waals surface area contributed by atoms with Gasteiger partial charge in [0.05, 0.1) is 17.6 Å². The molecule has 1 aliphatic carbocycles. The number of hydrogen-bond acceptors (Lipinski definition) is 3. The Hall–Kier alpha value is -1.56. The summed E-state index contributed by atoms with van der Waals surface area (Å²) < 4.78 is 25.4. The van der Waals surface area contributed by atoms with Gasteiger partial charge >= 0.3 is 0 Å². The Labute approximate surface area is 120 Å². The summed E-state index contributed by atoms with van der Waals surface area (Å²) in [5, 5.41) is 2.80. The van der Waals surface area contributed by atoms with Gasteiger partial charge in [0.1, 0.15) is 0 Å². The predicted octanol–water partition coefficient (Wildman–Crippen LogP) is 2.35. The molecule has 20 heavy (non-hydrogen) atoms. The van der Waals surface area contributed by atoms with Crippen LogP contribution in [-0.2, 0) is 14.8 Å². The number of benzene rings is 1. The van der Waals surface area contributed by atoms with Gasteiger partial charge in [0.2, 0.25) is 15.9 Å². The average molecular weight is 296 g/mol. The number of rotatable bonds is 6. The summed E-state index contributed by atoms with van der Waals surface area (Å²) in [5.74, 6) is -0.0933. The highest BCUT2D eigenvalue weighted by molar-refractivity contribution is 7.92. The van der Waals surface area contributed by atoms with Crippen LogP contribution in [0.1, 0.15) is 32.6 Å². The number of carbonyl (C=O) groups excluding carboxylic acids is 1. The Morgan fingerprint density at radius 3 is 2.55 bits per heavy atom. The maximum absolute atomic E-state index is 12.0. The van der Waals surface area contributed by atoms with E-state index in [4.69, 9.17) is 0 Å². The molecule has 1 N–H and O–H groups in total. The molecule has 0 atom stereocenters. The minimum Gasteiger partial charge on any atom is -0.324 e. The Balaban J connectivity index is 2.33. The number of amides is 1. The van der Waals surface area contributed by atoms with Gasteiger partial charge in [-0.15, -0.1) is 0 Å². The second kappa shape index (κ2) is 5.83. The number of carbonyl (C=O) groups is 1. The smallest absolute Gasteiger partial charge is 0.232 e. The molecule has 0 aromatic heterocycles. The van der Waals surface area contributed by atoms with E-state index in [2.05, 4.69) is 5.32 Å². The molecule has 1 amide bonds. The van der Waals surface area contributed by atoms with E-state index in [1.807, 2.05) is 6.92 Å². The van der Waals surface area contributed by atoms with Crippen LogP contribution in [0.25, 0.3) is 0 Å². The summed E-state index contributed by atoms with van der Waals surface area (Å²) in [6, 6.07) is 7.07. The number of hydrogen-bond donors (Lipinski definition) is 1. The van der Waals surface area contributed by atoms with Gasteiger partial charge in [0.15, 0.2) is 0 Å². The molecule has 0 heterocycles. The highest BCUT2D eigenvalue weighted by atomic mass is 32.2. The van der Waals surface area contributed by atoms with Crippen LogP contribution in [-0.4, -0.2) is 26.6 Å². The molecule has 0 unspecified atom stereocenters. The van der Waals surface area contributed by atoms with Crippen molar-refractivity contribution >= 4 is 27.3 Å². The first-order valence-electron chi connectivity index (χ1n) is 6.81. The van der Waals surface area contributed by atoms with E-state index in [1.165, 1.54) is 10.6 Å². The lowest BCUT2D eigenvalue weighted by Gasteiger charge is -2.24. The minimum atomic E-state index is -3.34. The van der Waals surface area contributed by atoms with Crippen molar-refractivity contribution in [1.82, 2.24) is 0 Å². The van der Waals surface area contributed by atoms with Crippen molar-refractivity contribution in [3.05, 3.63) is 24.3 Å². The van der Waals surface area contributed by atoms with Crippen molar-refractivity contribution in [2.45, 2.75) is 38.6 Å². The first kappa shape index (κ1) is 14.8. The summed E-state index contributed by atoms with van der Waals surface area (Å²) in [4.78, 5) is 11.7. The maximum atomic E-state index is 12.0. The van der Waals surface area contributed by atoms with Gasteiger partial charge in [0.25, 0.3) is 0 Å². The summed E-state index contributed by atoms with van der Waals surface area (Å²) >= 11 is 0. The molecule has 0 radical (unpaired) electrons. The summed E-state index contributed by atoms with van der Waals surface area (Å²) in [6.07, 6.45) is 4.12. The lowest BCUT2D eigenvalue weighted by Crippen LogP contribution is -2.32. The third-order valence-corrected chi connectivity index (χ3v) is 4.34. The average Bonchev–Trinajstić information content (AvgIpc) is 3.14. The standard InChI is InChI=1S/C14H20N2O3S/c1-3-6-14(17)15-12-7-4-5-8-13(12)16(11-9-10-11)20(2,18)19/h4-5,7-8,11H,3,6,9-10H2,1-2H3,(H,15,17). The molecule has 6 heteroatoms. The second-order valence-electron chi connectivity index (χ2n) is 5.11. The van der Waals surface area contributed by atoms with E-state index < -0.39 is 10.0 Å². The maximum Gasteiger partial charge on any atom is 0.232 e. The van der Waals surface area contributed by atoms with E-state index in [9.17, 15) is 13.2 Å². The fraction of sp³-hybridized carbons (Fsp3) is 0.500. The van der Waals surface area contributed by atoms with Crippen LogP contribution in [0, 0.1) is 0 Å². The van der Waals surface area contributed by atoms with Gasteiger partial charge in [-0.1, -0.05) is 19.1 Å². The molecule has 110 valence electrons. The first-order chi connectivity index (χ1) is 9.43. The Kier molecular flexibility index (Phi) is 4.32. The van der Waals surface area contributed by atoms with E-state index in [0.717, 1.165) is 19.3 Å². The zero-order valence-corrected chi connectivity index (χ0v) is 12.6. The predicted molar refractivity (Wildman–Crippen MR) is 80.3 cm³/mol. The normalized spacial score (nSPS) is 14.9. The number of para-hydroxylation sites is 2. The molecule has 1 fully saturated rings. The van der Waals surface area contributed by atoms with Gasteiger partial charge in [-0.05, 0) is 31.4 Å². The van der Waals surface area contributed by atoms with Gasteiger partial charge < -0.3 is 5.32 Å². The SMILES string of the molecule is CCCC(=O)Nc1ccccc1N(C1CC1)S(C)(=O)=O. The van der Waals surface area contributed by atoms with Gasteiger partial charge in [-0.25, -0.2) is 8.42 Å². The fourth-order valence-electron chi connectivity index (χ4n) is 2.17. The van der Waals surface area contributed by atoms with Crippen LogP contribution in [0.4, 0.5) is 11.4 Å². The molecule has 0 spiro atoms. The highest BCUT2D eigenvalue weighted by Gasteiger charge is 2.36. The summed E-state index contributed by atoms with van der Waals surface area (Å²) in [7, 11) is -3.34. The van der Waals surface area contributed by atoms with Gasteiger partial charge in [-0.3, -0.25) is 9.10 Å². The third-order valence-electron chi connectivity index (χ3n) is 3.13. The van der Waals surface area contributed by atoms with Crippen LogP contribution in [0.3, 0.4) is 0 Å². The van der Waals surface area contributed by atoms with Crippen molar-refractivity contribution in [2.75, 3.05) is 15.9 Å². The molecule has 2 rings (SSSR count). The van der Waals surface area contributed by atoms with Crippen molar-refractivity contribution in [3.8, 4) is 0 Å². The minimum absolute atomic E-state index is 0.0224. The monoisotopic (exact) mass is 296 g/mol. The molecule has 1 aromatic carbocycles. The van der Waals surface area contributed by atoms with Crippen molar-refractivity contribution in [3.63, 3.8) is 0 Å². The van der Waals surface area contributed by atoms with Crippen LogP contribution < -0.4 is 9.62 Å². The van der Waals surface area contributed by atoms with E-state index in [1.54, 1.807) is 24.3 Å². The number of anilines is 2. The molecule has 1 aromatic rings. The lowest BCUT2D eigenvalue weighted by molar-refractivity contribution is -0.116. The fourth-order valence-corrected chi connectivity index (χ4v) is 3.44. The van der Waals surface area contributed by atoms with Gasteiger partial charge in [0, 0.05) is 12.5 Å². The topological polar surface area (TPSA) is 66.5 Å². The number of nitrogens with zero attached hydrogens (tertiary/aromatic N) is 1. The van der Waals surface area contributed by atoms with Crippen molar-refractivity contribution in [2.24, 2.45) is 0 Å². The zero-order valence-electron chi connectivity index (χ0n) is 11.8. The number of sulfonamides is 1. The molecule has 1 aliphatic rings. The van der Waals surface area contributed by atoms with Crippen LogP contribution >= 0.6 is 0 Å². The first-order valence-corrected chi connectivity index (χ1v) is 8.66. The quantitative estimate of drug-likeness (QED) is 0.876. The van der Waals surface area contributed by atoms with Crippen LogP contribution in [0.15, 0.2) is 24.3 Å². The molecular formula is C14H20N2O3S. The Bertz CT molecular complexity index is 594. The molecular weight excluding hydrogens is 276 g/mol. The lowest BCUT2D eigenvalue weighted by atomic mass is 10.2.